The Kier molecular flexibility index (Phi) is 4.04. The van der Waals surface area contributed by atoms with Crippen LogP contribution in [0.15, 0.2) is 12.4 Å². The Balaban J connectivity index is 2.82. The molecule has 1 amide bonds. The molecule has 0 saturated heterocycles. The molecule has 1 heterocycles. The topological polar surface area (TPSA) is 51.2 Å². The maximum atomic E-state index is 13.4. The van der Waals surface area contributed by atoms with Crippen LogP contribution in [0.3, 0.4) is 0 Å². The fourth-order valence-electron chi connectivity index (χ4n) is 1.34. The number of nitrogens with zero attached hydrogens (tertiary/aromatic N) is 1. The monoisotopic (exact) mass is 240 g/mol. The van der Waals surface area contributed by atoms with E-state index in [2.05, 4.69) is 10.3 Å². The molecule has 0 aliphatic heterocycles. The fraction of sp³-hybridized carbons (Fsp3) is 0.500. The number of carbonyl (C=O) groups excluding carboxylic acids is 1. The highest BCUT2D eigenvalue weighted by Crippen LogP contribution is 2.19. The average Bonchev–Trinajstić information content (AvgIpc) is 2.14. The lowest BCUT2D eigenvalue weighted by atomic mass is 10.1. The van der Waals surface area contributed by atoms with E-state index in [1.54, 1.807) is 27.7 Å². The summed E-state index contributed by atoms with van der Waals surface area (Å²) in [5.41, 5.74) is 0.185. The van der Waals surface area contributed by atoms with E-state index < -0.39 is 17.5 Å². The number of hydrogen-bond acceptors (Lipinski definition) is 3. The molecule has 0 saturated carbocycles. The van der Waals surface area contributed by atoms with Gasteiger partial charge in [0.15, 0.2) is 0 Å². The number of aromatic nitrogens is 1. The Morgan fingerprint density at radius 1 is 1.47 bits per heavy atom. The van der Waals surface area contributed by atoms with E-state index in [1.807, 2.05) is 0 Å². The van der Waals surface area contributed by atoms with Crippen LogP contribution in [0, 0.1) is 5.82 Å². The Bertz CT molecular complexity index is 413. The van der Waals surface area contributed by atoms with Gasteiger partial charge in [0.2, 0.25) is 0 Å². The van der Waals surface area contributed by atoms with Crippen LogP contribution in [0.1, 0.15) is 33.3 Å². The summed E-state index contributed by atoms with van der Waals surface area (Å²) in [6, 6.07) is 0. The standard InChI is InChI=1S/C12H17FN2O2/c1-5-8-9(13)6-14-7-10(8)15-11(16)17-12(2,3)4/h6-7H,5H2,1-4H3,(H,15,16). The Morgan fingerprint density at radius 2 is 2.12 bits per heavy atom. The summed E-state index contributed by atoms with van der Waals surface area (Å²) >= 11 is 0. The number of carbonyl (C=O) groups is 1. The molecule has 0 fully saturated rings. The Morgan fingerprint density at radius 3 is 2.65 bits per heavy atom. The van der Waals surface area contributed by atoms with Crippen LogP contribution in [0.2, 0.25) is 0 Å². The van der Waals surface area contributed by atoms with E-state index in [0.29, 0.717) is 17.7 Å². The summed E-state index contributed by atoms with van der Waals surface area (Å²) in [5.74, 6) is -0.430. The SMILES string of the molecule is CCc1c(F)cncc1NC(=O)OC(C)(C)C. The molecule has 0 aliphatic carbocycles. The molecule has 0 spiro atoms. The lowest BCUT2D eigenvalue weighted by molar-refractivity contribution is 0.0635. The van der Waals surface area contributed by atoms with Crippen LogP contribution < -0.4 is 5.32 Å². The maximum Gasteiger partial charge on any atom is 0.412 e. The molecule has 1 aromatic heterocycles. The van der Waals surface area contributed by atoms with Crippen molar-refractivity contribution in [3.05, 3.63) is 23.8 Å². The molecule has 94 valence electrons. The molecule has 1 N–H and O–H groups in total. The van der Waals surface area contributed by atoms with Crippen LogP contribution >= 0.6 is 0 Å². The van der Waals surface area contributed by atoms with Crippen molar-refractivity contribution in [3.8, 4) is 0 Å². The summed E-state index contributed by atoms with van der Waals surface area (Å²) in [6.45, 7) is 7.09. The Labute approximate surface area is 100 Å². The van der Waals surface area contributed by atoms with Gasteiger partial charge in [-0.2, -0.15) is 0 Å². The van der Waals surface area contributed by atoms with Gasteiger partial charge in [0.05, 0.1) is 18.1 Å². The molecular formula is C12H17FN2O2. The second-order valence-corrected chi connectivity index (χ2v) is 4.63. The maximum absolute atomic E-state index is 13.4. The van der Waals surface area contributed by atoms with Crippen LogP contribution in [-0.4, -0.2) is 16.7 Å². The van der Waals surface area contributed by atoms with Crippen LogP contribution in [0.25, 0.3) is 0 Å². The number of rotatable bonds is 2. The van der Waals surface area contributed by atoms with Gasteiger partial charge in [-0.1, -0.05) is 6.92 Å². The smallest absolute Gasteiger partial charge is 0.412 e. The minimum Gasteiger partial charge on any atom is -0.444 e. The van der Waals surface area contributed by atoms with E-state index in [9.17, 15) is 9.18 Å². The van der Waals surface area contributed by atoms with E-state index in [4.69, 9.17) is 4.74 Å². The zero-order chi connectivity index (χ0) is 13.1. The van der Waals surface area contributed by atoms with Gasteiger partial charge in [-0.25, -0.2) is 9.18 Å². The first-order valence-electron chi connectivity index (χ1n) is 5.46. The summed E-state index contributed by atoms with van der Waals surface area (Å²) in [6.07, 6.45) is 2.39. The highest BCUT2D eigenvalue weighted by atomic mass is 19.1. The van der Waals surface area contributed by atoms with Gasteiger partial charge in [0.1, 0.15) is 11.4 Å². The molecule has 0 bridgehead atoms. The lowest BCUT2D eigenvalue weighted by Crippen LogP contribution is -2.27. The molecule has 5 heteroatoms. The first-order valence-corrected chi connectivity index (χ1v) is 5.46. The number of pyridine rings is 1. The van der Waals surface area contributed by atoms with Gasteiger partial charge >= 0.3 is 6.09 Å². The van der Waals surface area contributed by atoms with Crippen molar-refractivity contribution in [2.24, 2.45) is 0 Å². The molecule has 0 atom stereocenters. The van der Waals surface area contributed by atoms with Gasteiger partial charge in [-0.3, -0.25) is 10.3 Å². The van der Waals surface area contributed by atoms with E-state index in [1.165, 1.54) is 6.20 Å². The first kappa shape index (κ1) is 13.4. The van der Waals surface area contributed by atoms with Crippen molar-refractivity contribution in [1.29, 1.82) is 0 Å². The third-order valence-corrected chi connectivity index (χ3v) is 1.99. The third kappa shape index (κ3) is 4.01. The number of anilines is 1. The van der Waals surface area contributed by atoms with E-state index in [0.717, 1.165) is 6.20 Å². The van der Waals surface area contributed by atoms with Gasteiger partial charge in [0, 0.05) is 5.56 Å². The predicted octanol–water partition coefficient (Wildman–Crippen LogP) is 3.13. The average molecular weight is 240 g/mol. The van der Waals surface area contributed by atoms with Gasteiger partial charge in [-0.15, -0.1) is 0 Å². The minimum absolute atomic E-state index is 0.349. The highest BCUT2D eigenvalue weighted by Gasteiger charge is 2.17. The predicted molar refractivity (Wildman–Crippen MR) is 63.4 cm³/mol. The van der Waals surface area contributed by atoms with E-state index >= 15 is 0 Å². The largest absolute Gasteiger partial charge is 0.444 e. The zero-order valence-electron chi connectivity index (χ0n) is 10.5. The fourth-order valence-corrected chi connectivity index (χ4v) is 1.34. The van der Waals surface area contributed by atoms with Gasteiger partial charge in [0.25, 0.3) is 0 Å². The molecule has 0 aromatic carbocycles. The first-order chi connectivity index (χ1) is 7.83. The quantitative estimate of drug-likeness (QED) is 0.864. The molecule has 1 aromatic rings. The molecule has 17 heavy (non-hydrogen) atoms. The zero-order valence-corrected chi connectivity index (χ0v) is 10.5. The van der Waals surface area contributed by atoms with Crippen LogP contribution in [0.4, 0.5) is 14.9 Å². The Hall–Kier alpha value is -1.65. The normalized spacial score (nSPS) is 11.1. The highest BCUT2D eigenvalue weighted by molar-refractivity contribution is 5.85. The summed E-state index contributed by atoms with van der Waals surface area (Å²) in [5, 5.41) is 2.50. The van der Waals surface area contributed by atoms with Crippen molar-refractivity contribution >= 4 is 11.8 Å². The van der Waals surface area contributed by atoms with Gasteiger partial charge in [-0.05, 0) is 27.2 Å². The molecule has 1 rings (SSSR count). The number of ether oxygens (including phenoxy) is 1. The van der Waals surface area contributed by atoms with Crippen LogP contribution in [-0.2, 0) is 11.2 Å². The summed E-state index contributed by atoms with van der Waals surface area (Å²) < 4.78 is 18.5. The second-order valence-electron chi connectivity index (χ2n) is 4.63. The van der Waals surface area contributed by atoms with Crippen molar-refractivity contribution in [2.45, 2.75) is 39.7 Å². The van der Waals surface area contributed by atoms with Crippen molar-refractivity contribution in [3.63, 3.8) is 0 Å². The van der Waals surface area contributed by atoms with E-state index in [-0.39, 0.29) is 0 Å². The third-order valence-electron chi connectivity index (χ3n) is 1.99. The summed E-state index contributed by atoms with van der Waals surface area (Å²) in [4.78, 5) is 15.2. The molecule has 0 aliphatic rings. The van der Waals surface area contributed by atoms with Gasteiger partial charge < -0.3 is 4.74 Å². The van der Waals surface area contributed by atoms with Crippen molar-refractivity contribution in [1.82, 2.24) is 4.98 Å². The minimum atomic E-state index is -0.611. The number of nitrogens with one attached hydrogen (secondary N) is 1. The number of hydrogen-bond donors (Lipinski definition) is 1. The number of amides is 1. The van der Waals surface area contributed by atoms with Crippen molar-refractivity contribution in [2.75, 3.05) is 5.32 Å². The lowest BCUT2D eigenvalue weighted by Gasteiger charge is -2.20. The summed E-state index contributed by atoms with van der Waals surface area (Å²) in [7, 11) is 0. The van der Waals surface area contributed by atoms with Crippen molar-refractivity contribution < 1.29 is 13.9 Å². The molecule has 0 unspecified atom stereocenters. The second kappa shape index (κ2) is 5.12. The number of halogens is 1. The van der Waals surface area contributed by atoms with Crippen LogP contribution in [0.5, 0.6) is 0 Å². The molecule has 0 radical (unpaired) electrons. The molecular weight excluding hydrogens is 223 g/mol. The molecule has 4 nitrogen and oxygen atoms in total.